The quantitative estimate of drug-likeness (QED) is 0.0612. The van der Waals surface area contributed by atoms with Crippen LogP contribution in [0.2, 0.25) is 58.4 Å². The molecule has 7 nitrogen and oxygen atoms in total. The number of carbonyl (C=O) groups excluding carboxylic acids is 2. The van der Waals surface area contributed by atoms with Gasteiger partial charge in [-0.2, -0.15) is 0 Å². The van der Waals surface area contributed by atoms with Crippen LogP contribution in [0.4, 0.5) is 0 Å². The molecule has 0 amide bonds. The second-order valence-electron chi connectivity index (χ2n) is 14.0. The molecule has 0 aliphatic heterocycles. The lowest BCUT2D eigenvalue weighted by atomic mass is 10.0. The lowest BCUT2D eigenvalue weighted by molar-refractivity contribution is 0.103. The van der Waals surface area contributed by atoms with Crippen molar-refractivity contribution in [3.63, 3.8) is 0 Å². The number of hydrogen-bond acceptors (Lipinski definition) is 7. The monoisotopic (exact) mass is 716 g/mol. The second kappa shape index (κ2) is 15.9. The van der Waals surface area contributed by atoms with Gasteiger partial charge in [-0.25, -0.2) is 0 Å². The maximum Gasteiger partial charge on any atom is 0.543 e. The van der Waals surface area contributed by atoms with E-state index in [1.165, 1.54) is 0 Å². The van der Waals surface area contributed by atoms with Gasteiger partial charge in [0, 0.05) is 28.8 Å². The molecule has 0 saturated heterocycles. The summed E-state index contributed by atoms with van der Waals surface area (Å²) in [5.41, 5.74) is 2.50. The van der Waals surface area contributed by atoms with Gasteiger partial charge in [-0.15, -0.1) is 0 Å². The zero-order valence-corrected chi connectivity index (χ0v) is 33.4. The molecule has 0 aliphatic carbocycles. The zero-order valence-electron chi connectivity index (χ0n) is 29.4. The van der Waals surface area contributed by atoms with Crippen molar-refractivity contribution in [2.24, 2.45) is 0 Å². The summed E-state index contributed by atoms with van der Waals surface area (Å²) in [6.45, 7) is 17.4. The topological polar surface area (TPSA) is 80.3 Å². The van der Waals surface area contributed by atoms with Crippen molar-refractivity contribution in [3.05, 3.63) is 131 Å². The Bertz CT molecular complexity index is 1640. The molecular formula is C37H48O7Si4. The molecule has 48 heavy (non-hydrogen) atoms. The fourth-order valence-electron chi connectivity index (χ4n) is 5.47. The number of hydrogen-bond donors (Lipinski definition) is 0. The predicted octanol–water partition coefficient (Wildman–Crippen LogP) is 9.36. The molecule has 4 aromatic rings. The van der Waals surface area contributed by atoms with E-state index in [1.807, 2.05) is 91.5 Å². The summed E-state index contributed by atoms with van der Waals surface area (Å²) in [5, 5.41) is 0. The molecule has 0 fully saturated rings. The van der Waals surface area contributed by atoms with Crippen LogP contribution < -0.4 is 9.16 Å². The predicted molar refractivity (Wildman–Crippen MR) is 201 cm³/mol. The Morgan fingerprint density at radius 1 is 0.500 bits per heavy atom. The SMILES string of the molecule is C[Si](C)(C)O[Si](C)(CCCOc1ccc(C(=O)c2ccccc2)cc1)O[Si](C)(Oc1ccc(C(=O)c2ccccc2)cc1)O[Si](C)(C)C. The van der Waals surface area contributed by atoms with Crippen LogP contribution in [0.3, 0.4) is 0 Å². The molecule has 0 spiro atoms. The van der Waals surface area contributed by atoms with Crippen LogP contribution in [0.1, 0.15) is 38.3 Å². The number of carbonyl (C=O) groups is 2. The van der Waals surface area contributed by atoms with E-state index in [-0.39, 0.29) is 11.6 Å². The first-order chi connectivity index (χ1) is 22.5. The van der Waals surface area contributed by atoms with E-state index in [1.54, 1.807) is 24.3 Å². The third-order valence-electron chi connectivity index (χ3n) is 7.07. The van der Waals surface area contributed by atoms with Gasteiger partial charge >= 0.3 is 17.4 Å². The van der Waals surface area contributed by atoms with Crippen molar-refractivity contribution < 1.29 is 31.1 Å². The summed E-state index contributed by atoms with van der Waals surface area (Å²) in [7, 11) is -10.2. The van der Waals surface area contributed by atoms with Crippen molar-refractivity contribution in [2.75, 3.05) is 6.61 Å². The zero-order chi connectivity index (χ0) is 35.0. The highest BCUT2D eigenvalue weighted by atomic mass is 28.5. The van der Waals surface area contributed by atoms with Gasteiger partial charge in [0.2, 0.25) is 0 Å². The molecule has 0 aliphatic rings. The van der Waals surface area contributed by atoms with E-state index in [2.05, 4.69) is 45.8 Å². The van der Waals surface area contributed by atoms with Crippen molar-refractivity contribution in [1.82, 2.24) is 0 Å². The van der Waals surface area contributed by atoms with Crippen molar-refractivity contribution in [2.45, 2.75) is 64.8 Å². The Morgan fingerprint density at radius 2 is 0.917 bits per heavy atom. The smallest absolute Gasteiger partial charge is 0.502 e. The molecule has 2 unspecified atom stereocenters. The standard InChI is InChI=1S/C37H48O7Si4/c1-45(2,3)42-47(7,29-15-28-40-34-24-20-32(21-25-34)36(38)30-16-11-9-12-17-30)44-48(8,43-46(4,5)6)41-35-26-22-33(23-27-35)37(39)31-18-13-10-14-19-31/h9-14,16-27H,15,28-29H2,1-8H3. The summed E-state index contributed by atoms with van der Waals surface area (Å²) >= 11 is 0. The van der Waals surface area contributed by atoms with Gasteiger partial charge in [0.25, 0.3) is 0 Å². The maximum atomic E-state index is 13.0. The highest BCUT2D eigenvalue weighted by Crippen LogP contribution is 2.30. The average molecular weight is 717 g/mol. The number of ether oxygens (including phenoxy) is 1. The van der Waals surface area contributed by atoms with Crippen LogP contribution in [0.5, 0.6) is 11.5 Å². The third kappa shape index (κ3) is 11.6. The molecule has 0 bridgehead atoms. The molecule has 0 aromatic heterocycles. The lowest BCUT2D eigenvalue weighted by Crippen LogP contribution is -2.61. The summed E-state index contributed by atoms with van der Waals surface area (Å²) in [4.78, 5) is 25.7. The molecular weight excluding hydrogens is 669 g/mol. The van der Waals surface area contributed by atoms with E-state index >= 15 is 0 Å². The lowest BCUT2D eigenvalue weighted by Gasteiger charge is -2.41. The number of benzene rings is 4. The van der Waals surface area contributed by atoms with E-state index in [4.69, 9.17) is 21.5 Å². The molecule has 4 rings (SSSR count). The molecule has 4 aromatic carbocycles. The van der Waals surface area contributed by atoms with E-state index in [0.29, 0.717) is 52.8 Å². The summed E-state index contributed by atoms with van der Waals surface area (Å²) in [6.07, 6.45) is 0.714. The van der Waals surface area contributed by atoms with Crippen LogP contribution >= 0.6 is 0 Å². The van der Waals surface area contributed by atoms with Crippen LogP contribution in [-0.2, 0) is 12.3 Å². The maximum absolute atomic E-state index is 13.0. The number of rotatable bonds is 17. The number of ketones is 2. The molecule has 11 heteroatoms. The van der Waals surface area contributed by atoms with Gasteiger partial charge in [-0.3, -0.25) is 9.59 Å². The Kier molecular flexibility index (Phi) is 12.3. The third-order valence-corrected chi connectivity index (χ3v) is 20.3. The summed E-state index contributed by atoms with van der Waals surface area (Å²) in [6, 6.07) is 33.6. The van der Waals surface area contributed by atoms with Crippen molar-refractivity contribution in [3.8, 4) is 11.5 Å². The summed E-state index contributed by atoms with van der Waals surface area (Å²) < 4.78 is 33.2. The Balaban J connectivity index is 1.44. The van der Waals surface area contributed by atoms with E-state index in [0.717, 1.165) is 0 Å². The minimum Gasteiger partial charge on any atom is -0.502 e. The highest BCUT2D eigenvalue weighted by Gasteiger charge is 2.50. The molecule has 0 heterocycles. The Labute approximate surface area is 290 Å². The summed E-state index contributed by atoms with van der Waals surface area (Å²) in [5.74, 6) is 1.23. The van der Waals surface area contributed by atoms with Gasteiger partial charge in [-0.1, -0.05) is 60.7 Å². The van der Waals surface area contributed by atoms with E-state index in [9.17, 15) is 9.59 Å². The first-order valence-electron chi connectivity index (χ1n) is 16.4. The fourth-order valence-corrected chi connectivity index (χ4v) is 21.8. The van der Waals surface area contributed by atoms with E-state index < -0.39 is 34.0 Å². The minimum atomic E-state index is -3.28. The van der Waals surface area contributed by atoms with Gasteiger partial charge in [0.15, 0.2) is 28.2 Å². The van der Waals surface area contributed by atoms with Crippen LogP contribution in [0.15, 0.2) is 109 Å². The van der Waals surface area contributed by atoms with Crippen molar-refractivity contribution >= 4 is 45.6 Å². The van der Waals surface area contributed by atoms with Gasteiger partial charge in [0.1, 0.15) is 11.5 Å². The van der Waals surface area contributed by atoms with Crippen LogP contribution in [-0.4, -0.2) is 52.2 Å². The molecule has 0 radical (unpaired) electrons. The Morgan fingerprint density at radius 3 is 1.35 bits per heavy atom. The first kappa shape index (κ1) is 37.4. The molecule has 0 saturated carbocycles. The molecule has 0 N–H and O–H groups in total. The fraction of sp³-hybridized carbons (Fsp3) is 0.297. The Hall–Kier alpha value is -3.43. The molecule has 254 valence electrons. The van der Waals surface area contributed by atoms with Crippen molar-refractivity contribution in [1.29, 1.82) is 0 Å². The van der Waals surface area contributed by atoms with Gasteiger partial charge in [0.05, 0.1) is 6.61 Å². The van der Waals surface area contributed by atoms with Gasteiger partial charge in [-0.05, 0) is 107 Å². The van der Waals surface area contributed by atoms with Gasteiger partial charge < -0.3 is 21.5 Å². The minimum absolute atomic E-state index is 0.0175. The van der Waals surface area contributed by atoms with Crippen LogP contribution in [0.25, 0.3) is 0 Å². The average Bonchev–Trinajstić information content (AvgIpc) is 3.02. The van der Waals surface area contributed by atoms with Crippen LogP contribution in [0, 0.1) is 0 Å². The first-order valence-corrected chi connectivity index (χ1v) is 27.9. The highest BCUT2D eigenvalue weighted by molar-refractivity contribution is 6.88. The normalized spacial score (nSPS) is 14.4. The molecule has 2 atom stereocenters. The largest absolute Gasteiger partial charge is 0.543 e. The second-order valence-corrected chi connectivity index (χ2v) is 29.6.